The number of nitrogens with one attached hydrogen (secondary N) is 1. The van der Waals surface area contributed by atoms with Crippen molar-refractivity contribution in [2.45, 2.75) is 11.8 Å². The average Bonchev–Trinajstić information content (AvgIpc) is 2.99. The topological polar surface area (TPSA) is 79.4 Å². The monoisotopic (exact) mass is 347 g/mol. The number of thioether (sulfide) groups is 1. The van der Waals surface area contributed by atoms with Gasteiger partial charge in [-0.05, 0) is 12.1 Å². The molecule has 1 aliphatic rings. The Morgan fingerprint density at radius 1 is 1.35 bits per heavy atom. The second-order valence-electron chi connectivity index (χ2n) is 4.88. The van der Waals surface area contributed by atoms with Gasteiger partial charge in [0.25, 0.3) is 0 Å². The summed E-state index contributed by atoms with van der Waals surface area (Å²) in [7, 11) is 0. The molecule has 1 aromatic heterocycles. The van der Waals surface area contributed by atoms with Crippen LogP contribution in [-0.4, -0.2) is 34.9 Å². The summed E-state index contributed by atoms with van der Waals surface area (Å²) in [5, 5.41) is 4.58. The molecule has 23 heavy (non-hydrogen) atoms. The number of carbonyl (C=O) groups is 3. The Morgan fingerprint density at radius 2 is 2.13 bits per heavy atom. The van der Waals surface area contributed by atoms with Crippen LogP contribution in [-0.2, 0) is 9.59 Å². The van der Waals surface area contributed by atoms with Crippen molar-refractivity contribution in [3.8, 4) is 0 Å². The van der Waals surface area contributed by atoms with E-state index in [0.29, 0.717) is 16.6 Å². The van der Waals surface area contributed by atoms with Gasteiger partial charge in [-0.15, -0.1) is 23.1 Å². The summed E-state index contributed by atoms with van der Waals surface area (Å²) in [5.41, 5.74) is 1.06. The second-order valence-corrected chi connectivity index (χ2v) is 6.75. The highest BCUT2D eigenvalue weighted by atomic mass is 32.2. The average molecular weight is 347 g/mol. The lowest BCUT2D eigenvalue weighted by atomic mass is 10.2. The van der Waals surface area contributed by atoms with E-state index in [1.807, 2.05) is 24.3 Å². The number of para-hydroxylation sites is 1. The van der Waals surface area contributed by atoms with Gasteiger partial charge in [0.2, 0.25) is 11.8 Å². The van der Waals surface area contributed by atoms with Crippen molar-refractivity contribution in [1.29, 1.82) is 0 Å². The van der Waals surface area contributed by atoms with Gasteiger partial charge in [0.05, 0.1) is 11.4 Å². The highest BCUT2D eigenvalue weighted by Crippen LogP contribution is 2.34. The van der Waals surface area contributed by atoms with Gasteiger partial charge in [0.1, 0.15) is 12.2 Å². The number of thiazole rings is 1. The largest absolute Gasteiger partial charge is 0.301 e. The molecule has 2 heterocycles. The summed E-state index contributed by atoms with van der Waals surface area (Å²) in [6.45, 7) is 1.34. The fourth-order valence-electron chi connectivity index (χ4n) is 2.12. The van der Waals surface area contributed by atoms with Crippen LogP contribution >= 0.6 is 23.1 Å². The van der Waals surface area contributed by atoms with E-state index in [-0.39, 0.29) is 24.1 Å². The Hall–Kier alpha value is -2.19. The highest BCUT2D eigenvalue weighted by Gasteiger charge is 2.26. The standard InChI is InChI=1S/C15H13N3O3S2/c1-9(19)10-7-23-15(16-10)17-13(20)6-18-11-4-2-3-5-12(11)22-8-14(18)21/h2-5,7H,6,8H2,1H3,(H,16,17,20). The third kappa shape index (κ3) is 3.43. The number of hydrogen-bond acceptors (Lipinski definition) is 6. The highest BCUT2D eigenvalue weighted by molar-refractivity contribution is 8.00. The quantitative estimate of drug-likeness (QED) is 0.859. The van der Waals surface area contributed by atoms with Crippen LogP contribution in [0.5, 0.6) is 0 Å². The first-order valence-electron chi connectivity index (χ1n) is 6.83. The molecule has 1 aromatic carbocycles. The Bertz CT molecular complexity index is 788. The number of rotatable bonds is 4. The minimum Gasteiger partial charge on any atom is -0.301 e. The van der Waals surface area contributed by atoms with Crippen molar-refractivity contribution < 1.29 is 14.4 Å². The normalized spacial score (nSPS) is 13.6. The number of hydrogen-bond donors (Lipinski definition) is 1. The second kappa shape index (κ2) is 6.51. The van der Waals surface area contributed by atoms with Crippen molar-refractivity contribution in [3.63, 3.8) is 0 Å². The van der Waals surface area contributed by atoms with Crippen molar-refractivity contribution in [3.05, 3.63) is 35.3 Å². The van der Waals surface area contributed by atoms with Crippen LogP contribution in [0.3, 0.4) is 0 Å². The van der Waals surface area contributed by atoms with E-state index in [2.05, 4.69) is 10.3 Å². The molecule has 6 nitrogen and oxygen atoms in total. The van der Waals surface area contributed by atoms with Crippen LogP contribution in [0.2, 0.25) is 0 Å². The van der Waals surface area contributed by atoms with Crippen molar-refractivity contribution in [2.75, 3.05) is 22.5 Å². The maximum atomic E-state index is 12.2. The number of carbonyl (C=O) groups excluding carboxylic acids is 3. The van der Waals surface area contributed by atoms with E-state index >= 15 is 0 Å². The van der Waals surface area contributed by atoms with Crippen LogP contribution in [0.4, 0.5) is 10.8 Å². The van der Waals surface area contributed by atoms with Gasteiger partial charge in [-0.25, -0.2) is 4.98 Å². The Kier molecular flexibility index (Phi) is 4.44. The van der Waals surface area contributed by atoms with Gasteiger partial charge >= 0.3 is 0 Å². The summed E-state index contributed by atoms with van der Waals surface area (Å²) in [6, 6.07) is 7.49. The van der Waals surface area contributed by atoms with Gasteiger partial charge < -0.3 is 10.2 Å². The molecule has 3 rings (SSSR count). The van der Waals surface area contributed by atoms with Crippen LogP contribution in [0.15, 0.2) is 34.5 Å². The molecular weight excluding hydrogens is 334 g/mol. The predicted octanol–water partition coefficient (Wildman–Crippen LogP) is 2.42. The van der Waals surface area contributed by atoms with E-state index in [4.69, 9.17) is 0 Å². The summed E-state index contributed by atoms with van der Waals surface area (Å²) < 4.78 is 0. The number of fused-ring (bicyclic) bond motifs is 1. The first kappa shape index (κ1) is 15.7. The molecule has 0 saturated heterocycles. The van der Waals surface area contributed by atoms with E-state index in [1.54, 1.807) is 5.38 Å². The van der Waals surface area contributed by atoms with Gasteiger partial charge in [-0.2, -0.15) is 0 Å². The number of nitrogens with zero attached hydrogens (tertiary/aromatic N) is 2. The number of benzene rings is 1. The maximum absolute atomic E-state index is 12.2. The Balaban J connectivity index is 1.72. The number of Topliss-reactive ketones (excluding diaryl/α,β-unsaturated/α-hetero) is 1. The third-order valence-electron chi connectivity index (χ3n) is 3.22. The Morgan fingerprint density at radius 3 is 2.87 bits per heavy atom. The van der Waals surface area contributed by atoms with Crippen molar-refractivity contribution in [1.82, 2.24) is 4.98 Å². The fourth-order valence-corrected chi connectivity index (χ4v) is 3.82. The first-order chi connectivity index (χ1) is 11.0. The van der Waals surface area contributed by atoms with Gasteiger partial charge in [0.15, 0.2) is 10.9 Å². The summed E-state index contributed by atoms with van der Waals surface area (Å²) in [6.07, 6.45) is 0. The molecule has 0 aliphatic carbocycles. The van der Waals surface area contributed by atoms with Crippen LogP contribution < -0.4 is 10.2 Å². The molecule has 0 fully saturated rings. The number of amides is 2. The van der Waals surface area contributed by atoms with Gasteiger partial charge in [-0.1, -0.05) is 12.1 Å². The molecule has 0 atom stereocenters. The molecule has 0 radical (unpaired) electrons. The maximum Gasteiger partial charge on any atom is 0.246 e. The molecular formula is C15H13N3O3S2. The van der Waals surface area contributed by atoms with E-state index in [1.165, 1.54) is 34.9 Å². The molecule has 2 aromatic rings. The lowest BCUT2D eigenvalue weighted by molar-refractivity contribution is -0.120. The zero-order chi connectivity index (χ0) is 16.4. The third-order valence-corrected chi connectivity index (χ3v) is 5.03. The zero-order valence-electron chi connectivity index (χ0n) is 12.2. The molecule has 0 saturated carbocycles. The van der Waals surface area contributed by atoms with Gasteiger partial charge in [-0.3, -0.25) is 14.4 Å². The van der Waals surface area contributed by atoms with Crippen LogP contribution in [0.1, 0.15) is 17.4 Å². The molecule has 8 heteroatoms. The van der Waals surface area contributed by atoms with Crippen LogP contribution in [0, 0.1) is 0 Å². The SMILES string of the molecule is CC(=O)c1csc(NC(=O)CN2C(=O)CSc3ccccc32)n1. The lowest BCUT2D eigenvalue weighted by Crippen LogP contribution is -2.41. The summed E-state index contributed by atoms with van der Waals surface area (Å²) >= 11 is 2.65. The molecule has 1 aliphatic heterocycles. The van der Waals surface area contributed by atoms with Crippen molar-refractivity contribution >= 4 is 51.5 Å². The molecule has 118 valence electrons. The summed E-state index contributed by atoms with van der Waals surface area (Å²) in [5.74, 6) is -0.286. The molecule has 0 spiro atoms. The van der Waals surface area contributed by atoms with E-state index in [0.717, 1.165) is 10.6 Å². The van der Waals surface area contributed by atoms with E-state index in [9.17, 15) is 14.4 Å². The number of ketones is 1. The molecule has 0 bridgehead atoms. The minimum absolute atomic E-state index is 0.0780. The number of anilines is 2. The molecule has 1 N–H and O–H groups in total. The van der Waals surface area contributed by atoms with Crippen molar-refractivity contribution in [2.24, 2.45) is 0 Å². The first-order valence-corrected chi connectivity index (χ1v) is 8.69. The van der Waals surface area contributed by atoms with Crippen LogP contribution in [0.25, 0.3) is 0 Å². The predicted molar refractivity (Wildman–Crippen MR) is 90.3 cm³/mol. The van der Waals surface area contributed by atoms with Gasteiger partial charge in [0, 0.05) is 17.2 Å². The molecule has 2 amide bonds. The zero-order valence-corrected chi connectivity index (χ0v) is 13.9. The lowest BCUT2D eigenvalue weighted by Gasteiger charge is -2.28. The van der Waals surface area contributed by atoms with E-state index < -0.39 is 0 Å². The summed E-state index contributed by atoms with van der Waals surface area (Å²) in [4.78, 5) is 42.0. The Labute approximate surface area is 140 Å². The molecule has 0 unspecified atom stereocenters. The smallest absolute Gasteiger partial charge is 0.246 e. The number of aromatic nitrogens is 1. The fraction of sp³-hybridized carbons (Fsp3) is 0.200. The minimum atomic E-state index is -0.343.